The lowest BCUT2D eigenvalue weighted by molar-refractivity contribution is -0.157. The molecule has 3 unspecified atom stereocenters. The van der Waals surface area contributed by atoms with Crippen LogP contribution in [0.5, 0.6) is 0 Å². The zero-order valence-corrected chi connectivity index (χ0v) is 14.1. The number of esters is 1. The van der Waals surface area contributed by atoms with Crippen LogP contribution >= 0.6 is 0 Å². The molecule has 3 rings (SSSR count). The lowest BCUT2D eigenvalue weighted by Gasteiger charge is -2.38. The molecule has 3 aliphatic carbocycles. The zero-order chi connectivity index (χ0) is 15.1. The zero-order valence-electron chi connectivity index (χ0n) is 14.1. The second-order valence-corrected chi connectivity index (χ2v) is 8.63. The van der Waals surface area contributed by atoms with Crippen LogP contribution < -0.4 is 0 Å². The summed E-state index contributed by atoms with van der Waals surface area (Å²) in [5.41, 5.74) is 0.541. The van der Waals surface area contributed by atoms with E-state index in [9.17, 15) is 4.79 Å². The van der Waals surface area contributed by atoms with E-state index in [1.165, 1.54) is 44.9 Å². The Labute approximate surface area is 130 Å². The summed E-state index contributed by atoms with van der Waals surface area (Å²) in [6.07, 6.45) is 12.3. The molecule has 2 bridgehead atoms. The van der Waals surface area contributed by atoms with Crippen LogP contribution in [0.1, 0.15) is 85.0 Å². The molecule has 3 fully saturated rings. The van der Waals surface area contributed by atoms with Crippen molar-refractivity contribution in [2.75, 3.05) is 0 Å². The Morgan fingerprint density at radius 2 is 1.81 bits per heavy atom. The number of hydrogen-bond donors (Lipinski definition) is 0. The highest BCUT2D eigenvalue weighted by molar-refractivity contribution is 5.69. The van der Waals surface area contributed by atoms with Gasteiger partial charge < -0.3 is 4.74 Å². The van der Waals surface area contributed by atoms with Crippen LogP contribution in [0.25, 0.3) is 0 Å². The van der Waals surface area contributed by atoms with Crippen molar-refractivity contribution in [1.82, 2.24) is 0 Å². The molecule has 0 aromatic carbocycles. The minimum Gasteiger partial charge on any atom is -0.462 e. The summed E-state index contributed by atoms with van der Waals surface area (Å²) < 4.78 is 5.94. The van der Waals surface area contributed by atoms with E-state index in [-0.39, 0.29) is 17.5 Å². The Balaban J connectivity index is 1.49. The summed E-state index contributed by atoms with van der Waals surface area (Å²) in [6.45, 7) is 7.10. The van der Waals surface area contributed by atoms with Gasteiger partial charge in [0.1, 0.15) is 6.10 Å². The maximum atomic E-state index is 12.2. The molecule has 0 radical (unpaired) electrons. The fourth-order valence-electron chi connectivity index (χ4n) is 5.32. The number of hydrogen-bond acceptors (Lipinski definition) is 2. The van der Waals surface area contributed by atoms with E-state index < -0.39 is 0 Å². The molecular formula is C19H32O2. The van der Waals surface area contributed by atoms with E-state index >= 15 is 0 Å². The Bertz CT molecular complexity index is 394. The third-order valence-electron chi connectivity index (χ3n) is 7.47. The number of fused-ring (bicyclic) bond motifs is 2. The number of rotatable bonds is 4. The summed E-state index contributed by atoms with van der Waals surface area (Å²) in [5.74, 6) is 1.59. The van der Waals surface area contributed by atoms with Crippen molar-refractivity contribution in [3.8, 4) is 0 Å². The average Bonchev–Trinajstić information content (AvgIpc) is 2.79. The minimum atomic E-state index is 0.0650. The lowest BCUT2D eigenvalue weighted by atomic mass is 9.70. The molecule has 0 aliphatic heterocycles. The van der Waals surface area contributed by atoms with E-state index in [4.69, 9.17) is 4.74 Å². The van der Waals surface area contributed by atoms with Crippen LogP contribution in [0.4, 0.5) is 0 Å². The topological polar surface area (TPSA) is 26.3 Å². The van der Waals surface area contributed by atoms with E-state index in [2.05, 4.69) is 20.8 Å². The molecule has 0 saturated heterocycles. The van der Waals surface area contributed by atoms with Gasteiger partial charge in [0.05, 0.1) is 0 Å². The number of carbonyl (C=O) groups is 1. The van der Waals surface area contributed by atoms with Gasteiger partial charge in [-0.05, 0) is 42.9 Å². The Hall–Kier alpha value is -0.530. The van der Waals surface area contributed by atoms with Crippen LogP contribution in [0, 0.1) is 22.7 Å². The van der Waals surface area contributed by atoms with Gasteiger partial charge in [-0.3, -0.25) is 4.79 Å². The maximum Gasteiger partial charge on any atom is 0.306 e. The van der Waals surface area contributed by atoms with Gasteiger partial charge >= 0.3 is 5.97 Å². The third kappa shape index (κ3) is 2.64. The largest absolute Gasteiger partial charge is 0.462 e. The molecule has 3 atom stereocenters. The highest BCUT2D eigenvalue weighted by atomic mass is 16.5. The summed E-state index contributed by atoms with van der Waals surface area (Å²) in [4.78, 5) is 12.2. The second-order valence-electron chi connectivity index (χ2n) is 8.63. The van der Waals surface area contributed by atoms with Gasteiger partial charge in [-0.25, -0.2) is 0 Å². The molecule has 2 nitrogen and oxygen atoms in total. The van der Waals surface area contributed by atoms with Crippen LogP contribution in [-0.2, 0) is 9.53 Å². The number of ether oxygens (including phenoxy) is 1. The van der Waals surface area contributed by atoms with Crippen molar-refractivity contribution in [1.29, 1.82) is 0 Å². The van der Waals surface area contributed by atoms with Crippen LogP contribution in [0.3, 0.4) is 0 Å². The molecule has 0 aromatic heterocycles. The van der Waals surface area contributed by atoms with Crippen LogP contribution in [-0.4, -0.2) is 12.1 Å². The monoisotopic (exact) mass is 292 g/mol. The highest BCUT2D eigenvalue weighted by Gasteiger charge is 2.62. The minimum absolute atomic E-state index is 0.0650. The standard InChI is InChI=1S/C19H32O2/c1-18(2)15-11-12-19(18,3)16(13-15)21-17(20)10-9-14-7-5-4-6-8-14/h14-16H,4-13H2,1-3H3. The van der Waals surface area contributed by atoms with E-state index in [1.54, 1.807) is 0 Å². The first-order chi connectivity index (χ1) is 9.93. The van der Waals surface area contributed by atoms with Crippen molar-refractivity contribution >= 4 is 5.97 Å². The summed E-state index contributed by atoms with van der Waals surface area (Å²) in [7, 11) is 0. The fourth-order valence-corrected chi connectivity index (χ4v) is 5.32. The van der Waals surface area contributed by atoms with Crippen molar-refractivity contribution in [3.05, 3.63) is 0 Å². The Morgan fingerprint density at radius 3 is 2.38 bits per heavy atom. The molecular weight excluding hydrogens is 260 g/mol. The van der Waals surface area contributed by atoms with Crippen molar-refractivity contribution in [2.45, 2.75) is 91.1 Å². The summed E-state index contributed by atoms with van der Waals surface area (Å²) >= 11 is 0. The predicted molar refractivity (Wildman–Crippen MR) is 84.9 cm³/mol. The molecule has 3 aliphatic rings. The highest BCUT2D eigenvalue weighted by Crippen LogP contribution is 2.66. The first-order valence-corrected chi connectivity index (χ1v) is 9.13. The normalized spacial score (nSPS) is 38.6. The van der Waals surface area contributed by atoms with Crippen molar-refractivity contribution in [3.63, 3.8) is 0 Å². The molecule has 2 heteroatoms. The van der Waals surface area contributed by atoms with E-state index in [0.717, 1.165) is 24.7 Å². The molecule has 3 saturated carbocycles. The number of carbonyl (C=O) groups excluding carboxylic acids is 1. The smallest absolute Gasteiger partial charge is 0.306 e. The molecule has 0 heterocycles. The lowest BCUT2D eigenvalue weighted by Crippen LogP contribution is -2.38. The molecule has 0 spiro atoms. The second kappa shape index (κ2) is 5.59. The molecule has 120 valence electrons. The van der Waals surface area contributed by atoms with Gasteiger partial charge in [0.25, 0.3) is 0 Å². The fraction of sp³-hybridized carbons (Fsp3) is 0.947. The molecule has 0 amide bonds. The van der Waals surface area contributed by atoms with E-state index in [0.29, 0.717) is 11.8 Å². The Morgan fingerprint density at radius 1 is 1.10 bits per heavy atom. The molecule has 0 aromatic rings. The summed E-state index contributed by atoms with van der Waals surface area (Å²) in [6, 6.07) is 0. The molecule has 21 heavy (non-hydrogen) atoms. The van der Waals surface area contributed by atoms with Gasteiger partial charge in [0.15, 0.2) is 0 Å². The van der Waals surface area contributed by atoms with Gasteiger partial charge in [0, 0.05) is 11.8 Å². The van der Waals surface area contributed by atoms with Gasteiger partial charge in [0.2, 0.25) is 0 Å². The maximum absolute atomic E-state index is 12.2. The van der Waals surface area contributed by atoms with Gasteiger partial charge in [-0.2, -0.15) is 0 Å². The van der Waals surface area contributed by atoms with Crippen molar-refractivity contribution in [2.24, 2.45) is 22.7 Å². The average molecular weight is 292 g/mol. The van der Waals surface area contributed by atoms with E-state index in [1.807, 2.05) is 0 Å². The van der Waals surface area contributed by atoms with Crippen LogP contribution in [0.15, 0.2) is 0 Å². The first kappa shape index (κ1) is 15.4. The quantitative estimate of drug-likeness (QED) is 0.673. The summed E-state index contributed by atoms with van der Waals surface area (Å²) in [5, 5.41) is 0. The Kier molecular flexibility index (Phi) is 4.09. The predicted octanol–water partition coefficient (Wildman–Crippen LogP) is 5.10. The third-order valence-corrected chi connectivity index (χ3v) is 7.47. The first-order valence-electron chi connectivity index (χ1n) is 9.13. The SMILES string of the molecule is CC1(C)C2CCC1(C)C(OC(=O)CCC1CCCCC1)C2. The van der Waals surface area contributed by atoms with Crippen molar-refractivity contribution < 1.29 is 9.53 Å². The van der Waals surface area contributed by atoms with Gasteiger partial charge in [-0.1, -0.05) is 52.9 Å². The molecule has 0 N–H and O–H groups in total. The van der Waals surface area contributed by atoms with Crippen LogP contribution in [0.2, 0.25) is 0 Å². The van der Waals surface area contributed by atoms with Gasteiger partial charge in [-0.15, -0.1) is 0 Å².